The highest BCUT2D eigenvalue weighted by Crippen LogP contribution is 2.47. The van der Waals surface area contributed by atoms with Crippen LogP contribution in [0.1, 0.15) is 33.8 Å². The topological polar surface area (TPSA) is 23.6 Å². The largest absolute Gasteiger partial charge is 0.356 e. The van der Waals surface area contributed by atoms with Crippen molar-refractivity contribution in [2.24, 2.45) is 0 Å². The molecule has 0 aromatic heterocycles. The zero-order valence-electron chi connectivity index (χ0n) is 14.5. The van der Waals surface area contributed by atoms with Gasteiger partial charge in [0.25, 0.3) is 0 Å². The number of carbonyl (C=O) groups is 1. The van der Waals surface area contributed by atoms with Crippen molar-refractivity contribution in [3.8, 4) is 0 Å². The lowest BCUT2D eigenvalue weighted by Gasteiger charge is -2.37. The van der Waals surface area contributed by atoms with Gasteiger partial charge in [0, 0.05) is 54.1 Å². The van der Waals surface area contributed by atoms with Gasteiger partial charge in [-0.1, -0.05) is 36.4 Å². The van der Waals surface area contributed by atoms with Crippen LogP contribution in [0.2, 0.25) is 0 Å². The predicted octanol–water partition coefficient (Wildman–Crippen LogP) is 4.40. The molecule has 0 N–H and O–H groups in total. The summed E-state index contributed by atoms with van der Waals surface area (Å²) in [6.45, 7) is 0.858. The molecule has 3 nitrogen and oxygen atoms in total. The summed E-state index contributed by atoms with van der Waals surface area (Å²) in [5, 5.41) is 2.37. The zero-order chi connectivity index (χ0) is 17.1. The quantitative estimate of drug-likeness (QED) is 0.661. The standard InChI is InChI=1S/C22H20N2O/c1-23-13-24(2)19-11-9-16-20(25)12-17(14-6-4-3-5-7-14)15-8-10-18(23)22(19)21(15)16/h3-11,17H,12-13H2,1-2H3. The van der Waals surface area contributed by atoms with Crippen molar-refractivity contribution in [2.45, 2.75) is 12.3 Å². The summed E-state index contributed by atoms with van der Waals surface area (Å²) in [4.78, 5) is 17.4. The van der Waals surface area contributed by atoms with E-state index in [0.717, 1.165) is 17.6 Å². The molecule has 0 saturated carbocycles. The van der Waals surface area contributed by atoms with Crippen LogP contribution in [-0.4, -0.2) is 26.5 Å². The summed E-state index contributed by atoms with van der Waals surface area (Å²) >= 11 is 0. The first-order valence-electron chi connectivity index (χ1n) is 8.75. The minimum absolute atomic E-state index is 0.142. The van der Waals surface area contributed by atoms with Crippen LogP contribution in [-0.2, 0) is 0 Å². The van der Waals surface area contributed by atoms with Crippen LogP contribution >= 0.6 is 0 Å². The lowest BCUT2D eigenvalue weighted by Crippen LogP contribution is -2.36. The maximum absolute atomic E-state index is 12.9. The van der Waals surface area contributed by atoms with Gasteiger partial charge < -0.3 is 9.80 Å². The molecule has 0 radical (unpaired) electrons. The maximum atomic E-state index is 12.9. The highest BCUT2D eigenvalue weighted by Gasteiger charge is 2.32. The van der Waals surface area contributed by atoms with Gasteiger partial charge in [0.05, 0.1) is 6.67 Å². The average molecular weight is 328 g/mol. The lowest BCUT2D eigenvalue weighted by molar-refractivity contribution is 0.0976. The molecule has 2 aliphatic rings. The molecular formula is C22H20N2O. The van der Waals surface area contributed by atoms with Crippen molar-refractivity contribution in [3.05, 3.63) is 71.3 Å². The van der Waals surface area contributed by atoms with Gasteiger partial charge in [0.1, 0.15) is 0 Å². The summed E-state index contributed by atoms with van der Waals surface area (Å²) in [5.41, 5.74) is 5.82. The first kappa shape index (κ1) is 14.5. The van der Waals surface area contributed by atoms with E-state index >= 15 is 0 Å². The summed E-state index contributed by atoms with van der Waals surface area (Å²) in [6.07, 6.45) is 0.552. The van der Waals surface area contributed by atoms with Crippen LogP contribution in [0.5, 0.6) is 0 Å². The Bertz CT molecular complexity index is 995. The van der Waals surface area contributed by atoms with Gasteiger partial charge in [0.15, 0.2) is 5.78 Å². The molecule has 0 bridgehead atoms. The van der Waals surface area contributed by atoms with Gasteiger partial charge in [-0.2, -0.15) is 0 Å². The Morgan fingerprint density at radius 1 is 0.840 bits per heavy atom. The molecule has 3 aromatic rings. The van der Waals surface area contributed by atoms with Crippen molar-refractivity contribution < 1.29 is 4.79 Å². The first-order valence-corrected chi connectivity index (χ1v) is 8.75. The number of hydrogen-bond acceptors (Lipinski definition) is 3. The molecule has 1 atom stereocenters. The molecule has 1 heterocycles. The molecule has 1 aliphatic carbocycles. The van der Waals surface area contributed by atoms with E-state index in [1.807, 2.05) is 12.1 Å². The number of rotatable bonds is 1. The Balaban J connectivity index is 1.87. The number of ketones is 1. The molecule has 1 unspecified atom stereocenters. The van der Waals surface area contributed by atoms with Gasteiger partial charge in [-0.25, -0.2) is 0 Å². The number of benzene rings is 3. The fourth-order valence-corrected chi connectivity index (χ4v) is 4.50. The van der Waals surface area contributed by atoms with Crippen LogP contribution < -0.4 is 9.80 Å². The Kier molecular flexibility index (Phi) is 2.96. The minimum atomic E-state index is 0.142. The molecule has 1 aliphatic heterocycles. The fraction of sp³-hybridized carbons (Fsp3) is 0.227. The van der Waals surface area contributed by atoms with Crippen LogP contribution in [0.3, 0.4) is 0 Å². The number of carbonyl (C=O) groups excluding carboxylic acids is 1. The van der Waals surface area contributed by atoms with Crippen molar-refractivity contribution in [1.82, 2.24) is 0 Å². The third kappa shape index (κ3) is 1.95. The Morgan fingerprint density at radius 3 is 2.24 bits per heavy atom. The molecule has 124 valence electrons. The highest BCUT2D eigenvalue weighted by molar-refractivity contribution is 6.18. The normalized spacial score (nSPS) is 18.8. The van der Waals surface area contributed by atoms with Crippen LogP contribution in [0.25, 0.3) is 10.8 Å². The van der Waals surface area contributed by atoms with E-state index in [9.17, 15) is 4.79 Å². The van der Waals surface area contributed by atoms with Crippen molar-refractivity contribution in [3.63, 3.8) is 0 Å². The molecule has 3 aromatic carbocycles. The van der Waals surface area contributed by atoms with Gasteiger partial charge >= 0.3 is 0 Å². The summed E-state index contributed by atoms with van der Waals surface area (Å²) in [6, 6.07) is 19.0. The summed E-state index contributed by atoms with van der Waals surface area (Å²) < 4.78 is 0. The number of anilines is 2. The van der Waals surface area contributed by atoms with Crippen LogP contribution in [0, 0.1) is 0 Å². The van der Waals surface area contributed by atoms with E-state index in [1.54, 1.807) is 0 Å². The summed E-state index contributed by atoms with van der Waals surface area (Å²) in [7, 11) is 4.23. The second-order valence-electron chi connectivity index (χ2n) is 7.18. The van der Waals surface area contributed by atoms with E-state index in [1.165, 1.54) is 27.9 Å². The zero-order valence-corrected chi connectivity index (χ0v) is 14.5. The fourth-order valence-electron chi connectivity index (χ4n) is 4.50. The SMILES string of the molecule is CN1CN(C)c2ccc3c4c(ccc1c24)C(=O)CC3c1ccccc1. The van der Waals surface area contributed by atoms with Crippen molar-refractivity contribution in [1.29, 1.82) is 0 Å². The number of hydrogen-bond donors (Lipinski definition) is 0. The van der Waals surface area contributed by atoms with Gasteiger partial charge in [-0.15, -0.1) is 0 Å². The third-order valence-electron chi connectivity index (χ3n) is 5.66. The molecule has 25 heavy (non-hydrogen) atoms. The Morgan fingerprint density at radius 2 is 1.52 bits per heavy atom. The van der Waals surface area contributed by atoms with E-state index in [0.29, 0.717) is 6.42 Å². The van der Waals surface area contributed by atoms with Crippen LogP contribution in [0.4, 0.5) is 11.4 Å². The van der Waals surface area contributed by atoms with Crippen molar-refractivity contribution >= 4 is 27.9 Å². The van der Waals surface area contributed by atoms with Gasteiger partial charge in [0.2, 0.25) is 0 Å². The van der Waals surface area contributed by atoms with Gasteiger partial charge in [-0.3, -0.25) is 4.79 Å². The Labute approximate surface area is 147 Å². The molecule has 5 rings (SSSR count). The van der Waals surface area contributed by atoms with E-state index < -0.39 is 0 Å². The van der Waals surface area contributed by atoms with Gasteiger partial charge in [-0.05, 0) is 29.3 Å². The first-order chi connectivity index (χ1) is 12.1. The second-order valence-corrected chi connectivity index (χ2v) is 7.18. The van der Waals surface area contributed by atoms with E-state index in [-0.39, 0.29) is 11.7 Å². The molecule has 0 spiro atoms. The number of Topliss-reactive ketones (excluding diaryl/α,β-unsaturated/α-hetero) is 1. The third-order valence-corrected chi connectivity index (χ3v) is 5.66. The predicted molar refractivity (Wildman–Crippen MR) is 103 cm³/mol. The van der Waals surface area contributed by atoms with E-state index in [2.05, 4.69) is 66.4 Å². The molecule has 3 heteroatoms. The molecule has 0 fully saturated rings. The van der Waals surface area contributed by atoms with E-state index in [4.69, 9.17) is 0 Å². The van der Waals surface area contributed by atoms with Crippen LogP contribution in [0.15, 0.2) is 54.6 Å². The Hall–Kier alpha value is -2.81. The highest BCUT2D eigenvalue weighted by atomic mass is 16.1. The average Bonchev–Trinajstić information content (AvgIpc) is 2.64. The number of nitrogens with zero attached hydrogens (tertiary/aromatic N) is 2. The summed E-state index contributed by atoms with van der Waals surface area (Å²) in [5.74, 6) is 0.393. The maximum Gasteiger partial charge on any atom is 0.164 e. The lowest BCUT2D eigenvalue weighted by atomic mass is 9.76. The molecular weight excluding hydrogens is 308 g/mol. The monoisotopic (exact) mass is 328 g/mol. The smallest absolute Gasteiger partial charge is 0.164 e. The van der Waals surface area contributed by atoms with Crippen molar-refractivity contribution in [2.75, 3.05) is 30.6 Å². The molecule has 0 amide bonds. The molecule has 0 saturated heterocycles. The second kappa shape index (κ2) is 5.09. The minimum Gasteiger partial charge on any atom is -0.356 e.